The molecule has 0 heterocycles. The number of carbonyl (C=O) groups excluding carboxylic acids is 2. The highest BCUT2D eigenvalue weighted by Gasteiger charge is 2.83. The lowest BCUT2D eigenvalue weighted by Crippen LogP contribution is -2.33. The molecule has 0 aliphatic heterocycles. The molecule has 2 aliphatic rings. The van der Waals surface area contributed by atoms with Gasteiger partial charge in [0.05, 0.1) is 55.3 Å². The van der Waals surface area contributed by atoms with Gasteiger partial charge in [0, 0.05) is 5.92 Å². The average Bonchev–Trinajstić information content (AvgIpc) is 3.14. The highest BCUT2D eigenvalue weighted by Crippen LogP contribution is 2.79. The Kier molecular flexibility index (Phi) is 6.05. The van der Waals surface area contributed by atoms with E-state index in [0.717, 1.165) is 0 Å². The van der Waals surface area contributed by atoms with E-state index in [1.807, 2.05) is 0 Å². The molecule has 2 N–H and O–H groups in total. The molecule has 9 heteroatoms. The van der Waals surface area contributed by atoms with Crippen LogP contribution in [0.3, 0.4) is 0 Å². The maximum absolute atomic E-state index is 13.2. The molecule has 0 amide bonds. The third-order valence-corrected chi connectivity index (χ3v) is 7.75. The first-order valence-corrected chi connectivity index (χ1v) is 10.2. The Morgan fingerprint density at radius 2 is 1.84 bits per heavy atom. The molecule has 25 heavy (non-hydrogen) atoms. The molecule has 2 fully saturated rings. The summed E-state index contributed by atoms with van der Waals surface area (Å²) in [7, 11) is -3.57. The van der Waals surface area contributed by atoms with Crippen LogP contribution in [0.25, 0.3) is 0 Å². The van der Waals surface area contributed by atoms with Crippen LogP contribution in [-0.4, -0.2) is 43.8 Å². The summed E-state index contributed by atoms with van der Waals surface area (Å²) in [6, 6.07) is 2.11. The van der Waals surface area contributed by atoms with Crippen molar-refractivity contribution < 1.29 is 27.9 Å². The summed E-state index contributed by atoms with van der Waals surface area (Å²) in [5.41, 5.74) is 3.62. The van der Waals surface area contributed by atoms with Gasteiger partial charge in [0.2, 0.25) is 0 Å². The van der Waals surface area contributed by atoms with Crippen LogP contribution in [0.2, 0.25) is 0 Å². The first-order valence-electron chi connectivity index (χ1n) is 8.57. The molecule has 0 radical (unpaired) electrons. The monoisotopic (exact) mass is 372 g/mol. The van der Waals surface area contributed by atoms with E-state index in [1.54, 1.807) is 20.8 Å². The third kappa shape index (κ3) is 2.93. The molecule has 0 bridgehead atoms. The quantitative estimate of drug-likeness (QED) is 0.476. The normalized spacial score (nSPS) is 33.4. The molecule has 2 aliphatic carbocycles. The second kappa shape index (κ2) is 7.55. The van der Waals surface area contributed by atoms with Gasteiger partial charge in [-0.3, -0.25) is 14.2 Å². The lowest BCUT2D eigenvalue weighted by molar-refractivity contribution is -0.147. The highest BCUT2D eigenvalue weighted by atomic mass is 31.2. The summed E-state index contributed by atoms with van der Waals surface area (Å²) in [6.45, 7) is 5.25. The summed E-state index contributed by atoms with van der Waals surface area (Å²) in [5, 5.41) is 9.58. The Hall–Kier alpha value is -1.26. The van der Waals surface area contributed by atoms with Crippen molar-refractivity contribution in [2.24, 2.45) is 28.9 Å². The number of fused-ring (bicyclic) bond motifs is 1. The van der Waals surface area contributed by atoms with E-state index in [2.05, 4.69) is 6.07 Å². The van der Waals surface area contributed by atoms with Crippen LogP contribution in [-0.2, 0) is 27.9 Å². The van der Waals surface area contributed by atoms with Gasteiger partial charge in [0.25, 0.3) is 0 Å². The largest absolute Gasteiger partial charge is 0.466 e. The van der Waals surface area contributed by atoms with Crippen LogP contribution in [0, 0.1) is 34.5 Å². The standard InChI is InChI=1S/C16H25N2O6P/c1-4-22-15(20)14-13-11(25(21,23-5-2)24-6-3)7-10(8-17)16(13,14)12(19)9-18/h10-11,13-14H,4-7,9,18H2,1-3H3. The number of nitriles is 1. The lowest BCUT2D eigenvalue weighted by atomic mass is 9.84. The number of hydrogen-bond donors (Lipinski definition) is 1. The average molecular weight is 372 g/mol. The molecule has 5 unspecified atom stereocenters. The predicted molar refractivity (Wildman–Crippen MR) is 88.5 cm³/mol. The Balaban J connectivity index is 2.47. The number of ether oxygens (including phenoxy) is 1. The van der Waals surface area contributed by atoms with Gasteiger partial charge in [-0.25, -0.2) is 0 Å². The Bertz CT molecular complexity index is 623. The van der Waals surface area contributed by atoms with Crippen molar-refractivity contribution in [2.75, 3.05) is 26.4 Å². The number of hydrogen-bond acceptors (Lipinski definition) is 8. The first kappa shape index (κ1) is 20.1. The molecule has 140 valence electrons. The fraction of sp³-hybridized carbons (Fsp3) is 0.812. The predicted octanol–water partition coefficient (Wildman–Crippen LogP) is 1.49. The van der Waals surface area contributed by atoms with Gasteiger partial charge >= 0.3 is 13.6 Å². The minimum atomic E-state index is -3.57. The van der Waals surface area contributed by atoms with Crippen LogP contribution in [0.1, 0.15) is 27.2 Å². The number of carbonyl (C=O) groups is 2. The molecule has 2 rings (SSSR count). The second-order valence-corrected chi connectivity index (χ2v) is 8.44. The summed E-state index contributed by atoms with van der Waals surface area (Å²) in [5.74, 6) is -3.11. The Labute approximate surface area is 147 Å². The Morgan fingerprint density at radius 1 is 1.24 bits per heavy atom. The highest BCUT2D eigenvalue weighted by molar-refractivity contribution is 7.54. The van der Waals surface area contributed by atoms with E-state index in [4.69, 9.17) is 19.5 Å². The SMILES string of the molecule is CCOC(=O)C1C2C(P(=O)(OCC)OCC)CC(C#N)C12C(=O)CN. The van der Waals surface area contributed by atoms with Crippen molar-refractivity contribution in [1.29, 1.82) is 5.26 Å². The topological polar surface area (TPSA) is 129 Å². The zero-order valence-electron chi connectivity index (χ0n) is 14.8. The van der Waals surface area contributed by atoms with E-state index >= 15 is 0 Å². The van der Waals surface area contributed by atoms with Gasteiger partial charge in [-0.15, -0.1) is 0 Å². The summed E-state index contributed by atoms with van der Waals surface area (Å²) >= 11 is 0. The second-order valence-electron chi connectivity index (χ2n) is 6.18. The molecule has 8 nitrogen and oxygen atoms in total. The van der Waals surface area contributed by atoms with E-state index in [0.29, 0.717) is 0 Å². The van der Waals surface area contributed by atoms with Crippen LogP contribution in [0.15, 0.2) is 0 Å². The molecule has 0 aromatic rings. The maximum atomic E-state index is 13.2. The van der Waals surface area contributed by atoms with E-state index in [-0.39, 0.29) is 38.6 Å². The summed E-state index contributed by atoms with van der Waals surface area (Å²) in [4.78, 5) is 25.0. The van der Waals surface area contributed by atoms with Gasteiger partial charge in [-0.1, -0.05) is 0 Å². The van der Waals surface area contributed by atoms with Gasteiger partial charge in [0.15, 0.2) is 5.78 Å². The first-order chi connectivity index (χ1) is 11.9. The van der Waals surface area contributed by atoms with E-state index in [9.17, 15) is 19.4 Å². The molecular weight excluding hydrogens is 347 g/mol. The minimum Gasteiger partial charge on any atom is -0.466 e. The number of esters is 1. The zero-order valence-corrected chi connectivity index (χ0v) is 15.7. The third-order valence-electron chi connectivity index (χ3n) is 5.17. The fourth-order valence-corrected chi connectivity index (χ4v) is 6.84. The van der Waals surface area contributed by atoms with Crippen molar-refractivity contribution in [3.8, 4) is 6.07 Å². The van der Waals surface area contributed by atoms with Crippen molar-refractivity contribution in [3.05, 3.63) is 0 Å². The smallest absolute Gasteiger partial charge is 0.334 e. The fourth-order valence-electron chi connectivity index (χ4n) is 4.39. The molecule has 0 aromatic carbocycles. The summed E-state index contributed by atoms with van der Waals surface area (Å²) < 4.78 is 29.2. The molecule has 0 spiro atoms. The van der Waals surface area contributed by atoms with Crippen LogP contribution in [0.5, 0.6) is 0 Å². The Morgan fingerprint density at radius 3 is 2.28 bits per heavy atom. The van der Waals surface area contributed by atoms with Gasteiger partial charge < -0.3 is 19.5 Å². The van der Waals surface area contributed by atoms with Crippen LogP contribution >= 0.6 is 7.60 Å². The van der Waals surface area contributed by atoms with E-state index in [1.165, 1.54) is 0 Å². The molecular formula is C16H25N2O6P. The molecule has 0 saturated heterocycles. The van der Waals surface area contributed by atoms with Gasteiger partial charge in [-0.2, -0.15) is 5.26 Å². The number of nitrogens with zero attached hydrogens (tertiary/aromatic N) is 1. The van der Waals surface area contributed by atoms with Crippen LogP contribution in [0.4, 0.5) is 0 Å². The number of ketones is 1. The number of nitrogens with two attached hydrogens (primary N) is 1. The number of rotatable bonds is 9. The van der Waals surface area contributed by atoms with Crippen molar-refractivity contribution in [3.63, 3.8) is 0 Å². The lowest BCUT2D eigenvalue weighted by Gasteiger charge is -2.25. The van der Waals surface area contributed by atoms with Gasteiger partial charge in [0.1, 0.15) is 0 Å². The van der Waals surface area contributed by atoms with Crippen LogP contribution < -0.4 is 5.73 Å². The zero-order chi connectivity index (χ0) is 18.8. The maximum Gasteiger partial charge on any atom is 0.334 e. The van der Waals surface area contributed by atoms with Crippen molar-refractivity contribution >= 4 is 19.3 Å². The van der Waals surface area contributed by atoms with Gasteiger partial charge in [-0.05, 0) is 27.2 Å². The molecule has 2 saturated carbocycles. The number of Topliss-reactive ketones (excluding diaryl/α,β-unsaturated/α-hetero) is 1. The van der Waals surface area contributed by atoms with Crippen molar-refractivity contribution in [2.45, 2.75) is 32.9 Å². The minimum absolute atomic E-state index is 0.158. The summed E-state index contributed by atoms with van der Waals surface area (Å²) in [6.07, 6.45) is 0.181. The molecule has 0 aromatic heterocycles. The van der Waals surface area contributed by atoms with E-state index < -0.39 is 42.4 Å². The van der Waals surface area contributed by atoms with Crippen molar-refractivity contribution in [1.82, 2.24) is 0 Å². The molecule has 5 atom stereocenters.